The molecule has 0 bridgehead atoms. The molecule has 3 nitrogen and oxygen atoms in total. The first kappa shape index (κ1) is 11.3. The van der Waals surface area contributed by atoms with Crippen molar-refractivity contribution >= 4 is 5.82 Å². The second kappa shape index (κ2) is 4.16. The minimum absolute atomic E-state index is 0.693. The fraction of sp³-hybridized carbons (Fsp3) is 0.400. The van der Waals surface area contributed by atoms with Crippen LogP contribution in [0.4, 0.5) is 5.82 Å². The molecule has 0 aliphatic carbocycles. The number of aryl methyl sites for hydroxylation is 2. The molecule has 3 heteroatoms. The molecule has 1 aromatic carbocycles. The van der Waals surface area contributed by atoms with Crippen LogP contribution in [-0.2, 0) is 13.0 Å². The summed E-state index contributed by atoms with van der Waals surface area (Å²) in [6, 6.07) is 8.30. The maximum Gasteiger partial charge on any atom is 0.131 e. The number of imidazole rings is 1. The van der Waals surface area contributed by atoms with E-state index in [-0.39, 0.29) is 0 Å². The third-order valence-electron chi connectivity index (χ3n) is 3.84. The fourth-order valence-corrected chi connectivity index (χ4v) is 2.72. The SMILES string of the molecule is Cc1ccccc1-c1nc2n(c1N)CC(C)CC2. The van der Waals surface area contributed by atoms with E-state index in [1.54, 1.807) is 0 Å². The van der Waals surface area contributed by atoms with Gasteiger partial charge in [-0.15, -0.1) is 0 Å². The van der Waals surface area contributed by atoms with Gasteiger partial charge in [-0.2, -0.15) is 0 Å². The Labute approximate surface area is 108 Å². The second-order valence-electron chi connectivity index (χ2n) is 5.33. The summed E-state index contributed by atoms with van der Waals surface area (Å²) >= 11 is 0. The number of aromatic nitrogens is 2. The van der Waals surface area contributed by atoms with Crippen LogP contribution in [0.5, 0.6) is 0 Å². The van der Waals surface area contributed by atoms with Crippen molar-refractivity contribution in [2.75, 3.05) is 5.73 Å². The lowest BCUT2D eigenvalue weighted by atomic mass is 10.0. The van der Waals surface area contributed by atoms with Gasteiger partial charge in [-0.05, 0) is 24.8 Å². The molecule has 1 atom stereocenters. The minimum atomic E-state index is 0.693. The van der Waals surface area contributed by atoms with Crippen LogP contribution >= 0.6 is 0 Å². The number of hydrogen-bond donors (Lipinski definition) is 1. The molecule has 1 aliphatic rings. The van der Waals surface area contributed by atoms with E-state index in [0.717, 1.165) is 35.9 Å². The first-order valence-corrected chi connectivity index (χ1v) is 6.57. The van der Waals surface area contributed by atoms with E-state index in [4.69, 9.17) is 10.7 Å². The average molecular weight is 241 g/mol. The first-order chi connectivity index (χ1) is 8.66. The van der Waals surface area contributed by atoms with Crippen molar-refractivity contribution in [2.45, 2.75) is 33.2 Å². The van der Waals surface area contributed by atoms with Crippen LogP contribution in [0.1, 0.15) is 24.7 Å². The predicted molar refractivity (Wildman–Crippen MR) is 74.3 cm³/mol. The fourth-order valence-electron chi connectivity index (χ4n) is 2.72. The minimum Gasteiger partial charge on any atom is -0.383 e. The highest BCUT2D eigenvalue weighted by Gasteiger charge is 2.22. The lowest BCUT2D eigenvalue weighted by Crippen LogP contribution is -2.19. The Kier molecular flexibility index (Phi) is 2.62. The number of fused-ring (bicyclic) bond motifs is 1. The van der Waals surface area contributed by atoms with Gasteiger partial charge in [0.05, 0.1) is 0 Å². The van der Waals surface area contributed by atoms with Crippen LogP contribution in [0.25, 0.3) is 11.3 Å². The van der Waals surface area contributed by atoms with Crippen LogP contribution in [0.3, 0.4) is 0 Å². The summed E-state index contributed by atoms with van der Waals surface area (Å²) in [6.07, 6.45) is 2.25. The smallest absolute Gasteiger partial charge is 0.131 e. The van der Waals surface area contributed by atoms with Gasteiger partial charge in [-0.1, -0.05) is 31.2 Å². The Balaban J connectivity index is 2.12. The van der Waals surface area contributed by atoms with Crippen LogP contribution in [-0.4, -0.2) is 9.55 Å². The standard InChI is InChI=1S/C15H19N3/c1-10-7-8-13-17-14(15(16)18(13)9-10)12-6-4-3-5-11(12)2/h3-6,10H,7-9,16H2,1-2H3. The number of benzene rings is 1. The van der Waals surface area contributed by atoms with Gasteiger partial charge in [0, 0.05) is 18.5 Å². The average Bonchev–Trinajstić information content (AvgIpc) is 2.68. The Bertz CT molecular complexity index is 583. The summed E-state index contributed by atoms with van der Waals surface area (Å²) in [5, 5.41) is 0. The molecule has 1 aliphatic heterocycles. The van der Waals surface area contributed by atoms with Crippen molar-refractivity contribution < 1.29 is 0 Å². The van der Waals surface area contributed by atoms with Crippen LogP contribution in [0.2, 0.25) is 0 Å². The third kappa shape index (κ3) is 1.70. The van der Waals surface area contributed by atoms with Crippen molar-refractivity contribution in [3.63, 3.8) is 0 Å². The molecule has 0 amide bonds. The molecule has 0 saturated heterocycles. The van der Waals surface area contributed by atoms with Gasteiger partial charge >= 0.3 is 0 Å². The molecule has 0 fully saturated rings. The quantitative estimate of drug-likeness (QED) is 0.834. The zero-order chi connectivity index (χ0) is 12.7. The summed E-state index contributed by atoms with van der Waals surface area (Å²) in [7, 11) is 0. The highest BCUT2D eigenvalue weighted by molar-refractivity contribution is 5.73. The summed E-state index contributed by atoms with van der Waals surface area (Å²) in [6.45, 7) is 5.38. The van der Waals surface area contributed by atoms with E-state index in [0.29, 0.717) is 5.92 Å². The normalized spacial score (nSPS) is 18.7. The van der Waals surface area contributed by atoms with Crippen molar-refractivity contribution in [2.24, 2.45) is 5.92 Å². The number of hydrogen-bond acceptors (Lipinski definition) is 2. The van der Waals surface area contributed by atoms with Gasteiger partial charge < -0.3 is 10.3 Å². The van der Waals surface area contributed by atoms with E-state index in [1.165, 1.54) is 12.0 Å². The number of nitrogens with zero attached hydrogens (tertiary/aromatic N) is 2. The molecule has 0 radical (unpaired) electrons. The van der Waals surface area contributed by atoms with Gasteiger partial charge in [0.25, 0.3) is 0 Å². The lowest BCUT2D eigenvalue weighted by molar-refractivity contribution is 0.397. The summed E-state index contributed by atoms with van der Waals surface area (Å²) in [5.41, 5.74) is 9.63. The van der Waals surface area contributed by atoms with Crippen molar-refractivity contribution in [1.82, 2.24) is 9.55 Å². The number of rotatable bonds is 1. The summed E-state index contributed by atoms with van der Waals surface area (Å²) in [5.74, 6) is 2.66. The zero-order valence-corrected chi connectivity index (χ0v) is 11.0. The maximum absolute atomic E-state index is 6.29. The van der Waals surface area contributed by atoms with Crippen LogP contribution in [0.15, 0.2) is 24.3 Å². The molecule has 1 unspecified atom stereocenters. The van der Waals surface area contributed by atoms with Gasteiger partial charge in [-0.25, -0.2) is 4.98 Å². The van der Waals surface area contributed by atoms with E-state index in [1.807, 2.05) is 12.1 Å². The van der Waals surface area contributed by atoms with Crippen molar-refractivity contribution in [3.05, 3.63) is 35.7 Å². The monoisotopic (exact) mass is 241 g/mol. The van der Waals surface area contributed by atoms with Crippen molar-refractivity contribution in [3.8, 4) is 11.3 Å². The molecule has 18 heavy (non-hydrogen) atoms. The van der Waals surface area contributed by atoms with Crippen LogP contribution in [0, 0.1) is 12.8 Å². The molecule has 3 rings (SSSR count). The van der Waals surface area contributed by atoms with Gasteiger partial charge in [0.1, 0.15) is 17.3 Å². The topological polar surface area (TPSA) is 43.8 Å². The van der Waals surface area contributed by atoms with Crippen molar-refractivity contribution in [1.29, 1.82) is 0 Å². The Morgan fingerprint density at radius 2 is 2.11 bits per heavy atom. The molecule has 2 heterocycles. The predicted octanol–water partition coefficient (Wildman–Crippen LogP) is 3.02. The highest BCUT2D eigenvalue weighted by atomic mass is 15.1. The maximum atomic E-state index is 6.29. The molecule has 2 aromatic rings. The Morgan fingerprint density at radius 1 is 1.33 bits per heavy atom. The van der Waals surface area contributed by atoms with Crippen LogP contribution < -0.4 is 5.73 Å². The van der Waals surface area contributed by atoms with Gasteiger partial charge in [0.2, 0.25) is 0 Å². The molecule has 1 aromatic heterocycles. The molecule has 0 saturated carbocycles. The van der Waals surface area contributed by atoms with Gasteiger partial charge in [0.15, 0.2) is 0 Å². The van der Waals surface area contributed by atoms with E-state index < -0.39 is 0 Å². The zero-order valence-electron chi connectivity index (χ0n) is 11.0. The number of anilines is 1. The van der Waals surface area contributed by atoms with Gasteiger partial charge in [-0.3, -0.25) is 0 Å². The highest BCUT2D eigenvalue weighted by Crippen LogP contribution is 2.32. The Morgan fingerprint density at radius 3 is 2.89 bits per heavy atom. The molecular weight excluding hydrogens is 222 g/mol. The Hall–Kier alpha value is -1.77. The first-order valence-electron chi connectivity index (χ1n) is 6.57. The van der Waals surface area contributed by atoms with E-state index in [2.05, 4.69) is 30.5 Å². The summed E-state index contributed by atoms with van der Waals surface area (Å²) in [4.78, 5) is 4.75. The third-order valence-corrected chi connectivity index (χ3v) is 3.84. The molecule has 0 spiro atoms. The second-order valence-corrected chi connectivity index (χ2v) is 5.33. The van der Waals surface area contributed by atoms with E-state index in [9.17, 15) is 0 Å². The molecule has 94 valence electrons. The summed E-state index contributed by atoms with van der Waals surface area (Å²) < 4.78 is 2.19. The number of nitrogen functional groups attached to an aromatic ring is 1. The molecular formula is C15H19N3. The molecule has 2 N–H and O–H groups in total. The largest absolute Gasteiger partial charge is 0.383 e. The lowest BCUT2D eigenvalue weighted by Gasteiger charge is -2.20. The van der Waals surface area contributed by atoms with E-state index >= 15 is 0 Å². The number of nitrogens with two attached hydrogens (primary N) is 1.